The van der Waals surface area contributed by atoms with Crippen LogP contribution in [0.1, 0.15) is 15.9 Å². The van der Waals surface area contributed by atoms with E-state index in [0.29, 0.717) is 6.42 Å². The summed E-state index contributed by atoms with van der Waals surface area (Å²) >= 11 is 0. The minimum absolute atomic E-state index is 0.0447. The number of carbonyl (C=O) groups excluding carboxylic acids is 1. The number of aliphatic hydroxyl groups is 5. The third-order valence-electron chi connectivity index (χ3n) is 6.59. The topological polar surface area (TPSA) is 205 Å². The van der Waals surface area contributed by atoms with Crippen molar-refractivity contribution < 1.29 is 64.2 Å². The highest BCUT2D eigenvalue weighted by Gasteiger charge is 2.54. The van der Waals surface area contributed by atoms with E-state index in [4.69, 9.17) is 23.7 Å². The molecule has 0 bridgehead atoms. The molecule has 0 unspecified atom stereocenters. The maximum atomic E-state index is 12.3. The fraction of sp³-hybridized carbons (Fsp3) is 0.500. The number of phenols is 2. The summed E-state index contributed by atoms with van der Waals surface area (Å²) in [6.45, 7) is -1.68. The first kappa shape index (κ1) is 29.1. The van der Waals surface area contributed by atoms with Crippen molar-refractivity contribution in [1.29, 1.82) is 0 Å². The van der Waals surface area contributed by atoms with E-state index in [1.54, 1.807) is 12.1 Å². The Morgan fingerprint density at radius 1 is 0.949 bits per heavy atom. The first-order valence-corrected chi connectivity index (χ1v) is 12.3. The van der Waals surface area contributed by atoms with E-state index in [1.807, 2.05) is 0 Å². The van der Waals surface area contributed by atoms with Gasteiger partial charge in [0.1, 0.15) is 48.6 Å². The van der Waals surface area contributed by atoms with Gasteiger partial charge in [0, 0.05) is 0 Å². The summed E-state index contributed by atoms with van der Waals surface area (Å²) in [5.74, 6) is -0.745. The molecule has 8 atom stereocenters. The zero-order chi connectivity index (χ0) is 28.2. The summed E-state index contributed by atoms with van der Waals surface area (Å²) in [5, 5.41) is 70.9. The van der Waals surface area contributed by atoms with Crippen molar-refractivity contribution in [1.82, 2.24) is 0 Å². The van der Waals surface area contributed by atoms with Crippen LogP contribution in [0.15, 0.2) is 48.5 Å². The highest BCUT2D eigenvalue weighted by atomic mass is 16.8. The number of benzene rings is 2. The van der Waals surface area contributed by atoms with Gasteiger partial charge in [0.2, 0.25) is 0 Å². The number of ether oxygens (including phenoxy) is 5. The van der Waals surface area contributed by atoms with E-state index in [-0.39, 0.29) is 23.7 Å². The van der Waals surface area contributed by atoms with Crippen molar-refractivity contribution in [2.24, 2.45) is 0 Å². The van der Waals surface area contributed by atoms with Gasteiger partial charge in [0.05, 0.1) is 25.4 Å². The highest BCUT2D eigenvalue weighted by molar-refractivity contribution is 5.89. The molecule has 7 N–H and O–H groups in total. The number of aromatic hydroxyl groups is 2. The molecule has 13 heteroatoms. The standard InChI is InChI=1S/C26H32O13/c27-11-18-19(30)20(31)21(24(38-18)35-10-9-14-1-5-16(28)6-2-14)39-25-22(32)26(34,13-37-25)12-36-23(33)15-3-7-17(29)8-4-15/h1-8,18-22,24-25,27-32,34H,9-13H2/t18-,19-,20+,21-,22+,24-,25+,26-/m1/s1. The molecule has 2 aliphatic rings. The summed E-state index contributed by atoms with van der Waals surface area (Å²) in [7, 11) is 0. The van der Waals surface area contributed by atoms with Crippen LogP contribution in [-0.2, 0) is 30.1 Å². The van der Waals surface area contributed by atoms with Crippen LogP contribution in [0.4, 0.5) is 0 Å². The van der Waals surface area contributed by atoms with Crippen LogP contribution in [0.3, 0.4) is 0 Å². The van der Waals surface area contributed by atoms with Gasteiger partial charge in [0.25, 0.3) is 0 Å². The molecule has 0 aromatic heterocycles. The van der Waals surface area contributed by atoms with Gasteiger partial charge in [-0.2, -0.15) is 0 Å². The molecule has 0 saturated carbocycles. The van der Waals surface area contributed by atoms with Crippen LogP contribution >= 0.6 is 0 Å². The van der Waals surface area contributed by atoms with E-state index < -0.39 is 74.5 Å². The molecule has 2 saturated heterocycles. The lowest BCUT2D eigenvalue weighted by Gasteiger charge is -2.42. The fourth-order valence-corrected chi connectivity index (χ4v) is 4.21. The van der Waals surface area contributed by atoms with Crippen LogP contribution in [0.25, 0.3) is 0 Å². The van der Waals surface area contributed by atoms with E-state index >= 15 is 0 Å². The van der Waals surface area contributed by atoms with E-state index in [0.717, 1.165) is 5.56 Å². The molecule has 2 aromatic carbocycles. The van der Waals surface area contributed by atoms with Gasteiger partial charge in [-0.1, -0.05) is 12.1 Å². The largest absolute Gasteiger partial charge is 0.508 e. The summed E-state index contributed by atoms with van der Waals surface area (Å²) in [6.07, 6.45) is -9.91. The number of esters is 1. The Kier molecular flexibility index (Phi) is 9.38. The van der Waals surface area contributed by atoms with Gasteiger partial charge in [-0.3, -0.25) is 0 Å². The molecule has 2 aromatic rings. The smallest absolute Gasteiger partial charge is 0.338 e. The average Bonchev–Trinajstić information content (AvgIpc) is 3.21. The minimum Gasteiger partial charge on any atom is -0.508 e. The maximum absolute atomic E-state index is 12.3. The summed E-state index contributed by atoms with van der Waals surface area (Å²) in [6, 6.07) is 11.7. The molecular weight excluding hydrogens is 520 g/mol. The number of carbonyl (C=O) groups is 1. The van der Waals surface area contributed by atoms with Crippen molar-refractivity contribution >= 4 is 5.97 Å². The quantitative estimate of drug-likeness (QED) is 0.173. The lowest BCUT2D eigenvalue weighted by molar-refractivity contribution is -0.335. The third-order valence-corrected chi connectivity index (χ3v) is 6.59. The van der Waals surface area contributed by atoms with Crippen LogP contribution in [-0.4, -0.2) is 117 Å². The van der Waals surface area contributed by atoms with Crippen LogP contribution in [0.5, 0.6) is 11.5 Å². The normalized spacial score (nSPS) is 32.7. The van der Waals surface area contributed by atoms with Crippen LogP contribution in [0.2, 0.25) is 0 Å². The molecule has 0 amide bonds. The lowest BCUT2D eigenvalue weighted by Crippen LogP contribution is -2.61. The molecule has 13 nitrogen and oxygen atoms in total. The summed E-state index contributed by atoms with van der Waals surface area (Å²) < 4.78 is 27.5. The summed E-state index contributed by atoms with van der Waals surface area (Å²) in [4.78, 5) is 12.3. The van der Waals surface area contributed by atoms with Crippen molar-refractivity contribution in [3.8, 4) is 11.5 Å². The Hall–Kier alpha value is -2.85. The predicted molar refractivity (Wildman–Crippen MR) is 129 cm³/mol. The second kappa shape index (κ2) is 12.6. The van der Waals surface area contributed by atoms with Gasteiger partial charge in [-0.15, -0.1) is 0 Å². The predicted octanol–water partition coefficient (Wildman–Crippen LogP) is -1.21. The second-order valence-corrected chi connectivity index (χ2v) is 9.45. The Morgan fingerprint density at radius 3 is 2.23 bits per heavy atom. The maximum Gasteiger partial charge on any atom is 0.338 e. The number of hydrogen-bond acceptors (Lipinski definition) is 13. The summed E-state index contributed by atoms with van der Waals surface area (Å²) in [5.41, 5.74) is -1.11. The fourth-order valence-electron chi connectivity index (χ4n) is 4.21. The van der Waals surface area contributed by atoms with E-state index in [2.05, 4.69) is 0 Å². The number of aliphatic hydroxyl groups excluding tert-OH is 4. The zero-order valence-corrected chi connectivity index (χ0v) is 20.8. The number of phenolic OH excluding ortho intramolecular Hbond substituents is 2. The van der Waals surface area contributed by atoms with Crippen molar-refractivity contribution in [2.75, 3.05) is 26.4 Å². The molecule has 4 rings (SSSR count). The highest BCUT2D eigenvalue weighted by Crippen LogP contribution is 2.32. The monoisotopic (exact) mass is 552 g/mol. The Morgan fingerprint density at radius 2 is 1.59 bits per heavy atom. The van der Waals surface area contributed by atoms with Crippen LogP contribution < -0.4 is 0 Å². The van der Waals surface area contributed by atoms with Crippen molar-refractivity contribution in [3.05, 3.63) is 59.7 Å². The number of rotatable bonds is 10. The first-order valence-electron chi connectivity index (χ1n) is 12.3. The average molecular weight is 553 g/mol. The zero-order valence-electron chi connectivity index (χ0n) is 20.8. The lowest BCUT2D eigenvalue weighted by atomic mass is 9.98. The molecule has 0 aliphatic carbocycles. The molecule has 39 heavy (non-hydrogen) atoms. The Bertz CT molecular complexity index is 1080. The van der Waals surface area contributed by atoms with Gasteiger partial charge < -0.3 is 59.4 Å². The van der Waals surface area contributed by atoms with Gasteiger partial charge in [-0.05, 0) is 48.4 Å². The molecule has 0 spiro atoms. The first-order chi connectivity index (χ1) is 18.6. The Balaban J connectivity index is 1.37. The van der Waals surface area contributed by atoms with Crippen LogP contribution in [0, 0.1) is 0 Å². The van der Waals surface area contributed by atoms with Gasteiger partial charge in [0.15, 0.2) is 18.2 Å². The SMILES string of the molecule is O=C(OC[C@@]1(O)CO[C@@H](O[C@H]2[C@H](OCCc3ccc(O)cc3)O[C@H](CO)[C@@H](O)[C@@H]2O)[C@@H]1O)c1ccc(O)cc1. The third kappa shape index (κ3) is 6.84. The van der Waals surface area contributed by atoms with Gasteiger partial charge in [-0.25, -0.2) is 4.79 Å². The van der Waals surface area contributed by atoms with E-state index in [9.17, 15) is 40.5 Å². The molecular formula is C26H32O13. The Labute approximate surface area is 223 Å². The second-order valence-electron chi connectivity index (χ2n) is 9.45. The molecule has 2 fully saturated rings. The van der Waals surface area contributed by atoms with Crippen molar-refractivity contribution in [3.63, 3.8) is 0 Å². The molecule has 214 valence electrons. The molecule has 2 heterocycles. The number of hydrogen-bond donors (Lipinski definition) is 7. The molecule has 0 radical (unpaired) electrons. The van der Waals surface area contributed by atoms with Crippen molar-refractivity contribution in [2.45, 2.75) is 55.1 Å². The van der Waals surface area contributed by atoms with Gasteiger partial charge >= 0.3 is 5.97 Å². The minimum atomic E-state index is -2.06. The molecule has 2 aliphatic heterocycles. The van der Waals surface area contributed by atoms with E-state index in [1.165, 1.54) is 36.4 Å².